The lowest BCUT2D eigenvalue weighted by molar-refractivity contribution is -0.148. The molecule has 1 heterocycles. The van der Waals surface area contributed by atoms with Crippen molar-refractivity contribution in [1.29, 1.82) is 0 Å². The minimum Gasteiger partial charge on any atom is -0.399 e. The molecule has 1 saturated heterocycles. The molecule has 0 radical (unpaired) electrons. The van der Waals surface area contributed by atoms with E-state index in [9.17, 15) is 24.3 Å². The number of ether oxygens (including phenoxy) is 2. The number of likely N-dealkylation sites (tertiary alicyclic amines) is 1. The van der Waals surface area contributed by atoms with Crippen molar-refractivity contribution in [3.05, 3.63) is 48.1 Å². The molecule has 2 aliphatic rings. The standard InChI is InChI=1S/C47H79N7O7/c1-14-31(7)42(53(11)47(59)40(28(2)3)51-46(58)41(29(4)5)52(9)10)38(60-12)27-39(55)54-25-15-16-37(54)43(61-13)32(8)44(56)50-36(26-33-19-17-30(6)18-20-33)45(57)49-35-23-21-34(48)22-24-35/h17,19-24,28-32,36-38,40-43,45,49,57H,14-16,18,25-27,48H2,1-13H3,(H,50,56)(H,51,58)/t30?,31-,32+,36-,37-,38+,40-,41-,42?,43+,45?/m0/s1. The summed E-state index contributed by atoms with van der Waals surface area (Å²) in [6.07, 6.45) is 7.34. The lowest BCUT2D eigenvalue weighted by Gasteiger charge is -2.41. The molecular weight excluding hydrogens is 775 g/mol. The molecule has 0 saturated carbocycles. The van der Waals surface area contributed by atoms with Gasteiger partial charge in [0.15, 0.2) is 0 Å². The second-order valence-corrected chi connectivity index (χ2v) is 18.4. The van der Waals surface area contributed by atoms with Crippen molar-refractivity contribution >= 4 is 35.0 Å². The number of anilines is 2. The van der Waals surface area contributed by atoms with Crippen LogP contribution in [0.15, 0.2) is 48.1 Å². The number of benzene rings is 1. The minimum absolute atomic E-state index is 0.0116. The van der Waals surface area contributed by atoms with E-state index in [4.69, 9.17) is 15.2 Å². The van der Waals surface area contributed by atoms with Crippen LogP contribution in [0.2, 0.25) is 0 Å². The summed E-state index contributed by atoms with van der Waals surface area (Å²) in [4.78, 5) is 61.7. The smallest absolute Gasteiger partial charge is 0.245 e. The normalized spacial score (nSPS) is 21.2. The van der Waals surface area contributed by atoms with Crippen molar-refractivity contribution in [2.24, 2.45) is 29.6 Å². The van der Waals surface area contributed by atoms with Crippen LogP contribution in [0.5, 0.6) is 0 Å². The van der Waals surface area contributed by atoms with Gasteiger partial charge >= 0.3 is 0 Å². The van der Waals surface area contributed by atoms with E-state index >= 15 is 0 Å². The molecule has 0 aromatic heterocycles. The van der Waals surface area contributed by atoms with Crippen molar-refractivity contribution in [3.8, 4) is 0 Å². The Morgan fingerprint density at radius 2 is 1.61 bits per heavy atom. The second kappa shape index (κ2) is 24.0. The van der Waals surface area contributed by atoms with E-state index in [1.807, 2.05) is 66.6 Å². The molecule has 1 aliphatic carbocycles. The summed E-state index contributed by atoms with van der Waals surface area (Å²) >= 11 is 0. The van der Waals surface area contributed by atoms with Crippen molar-refractivity contribution in [3.63, 3.8) is 0 Å². The van der Waals surface area contributed by atoms with Gasteiger partial charge in [-0.1, -0.05) is 85.6 Å². The predicted molar refractivity (Wildman–Crippen MR) is 243 cm³/mol. The molecule has 11 atom stereocenters. The number of aliphatic hydroxyl groups is 1. The molecule has 344 valence electrons. The zero-order chi connectivity index (χ0) is 45.7. The van der Waals surface area contributed by atoms with E-state index in [0.29, 0.717) is 36.7 Å². The van der Waals surface area contributed by atoms with Crippen LogP contribution in [-0.2, 0) is 28.7 Å². The second-order valence-electron chi connectivity index (χ2n) is 18.4. The molecule has 1 fully saturated rings. The van der Waals surface area contributed by atoms with Gasteiger partial charge in [-0.2, -0.15) is 0 Å². The molecular formula is C47H79N7O7. The monoisotopic (exact) mass is 854 g/mol. The van der Waals surface area contributed by atoms with Gasteiger partial charge in [0.25, 0.3) is 0 Å². The molecule has 1 aliphatic heterocycles. The molecule has 4 amide bonds. The molecule has 1 aromatic carbocycles. The average molecular weight is 854 g/mol. The summed E-state index contributed by atoms with van der Waals surface area (Å²) < 4.78 is 12.1. The van der Waals surface area contributed by atoms with Gasteiger partial charge in [-0.05, 0) is 87.7 Å². The van der Waals surface area contributed by atoms with Gasteiger partial charge in [0, 0.05) is 39.2 Å². The Kier molecular flexibility index (Phi) is 20.2. The van der Waals surface area contributed by atoms with E-state index in [1.165, 1.54) is 0 Å². The highest BCUT2D eigenvalue weighted by Gasteiger charge is 2.43. The Labute approximate surface area is 366 Å². The van der Waals surface area contributed by atoms with Gasteiger partial charge in [0.1, 0.15) is 12.3 Å². The van der Waals surface area contributed by atoms with Gasteiger partial charge in [-0.15, -0.1) is 0 Å². The third-order valence-corrected chi connectivity index (χ3v) is 12.7. The summed E-state index contributed by atoms with van der Waals surface area (Å²) in [5.41, 5.74) is 8.17. The number of likely N-dealkylation sites (N-methyl/N-ethyl adjacent to an activating group) is 2. The fraction of sp³-hybridized carbons (Fsp3) is 0.702. The molecule has 14 heteroatoms. The molecule has 6 N–H and O–H groups in total. The molecule has 0 spiro atoms. The summed E-state index contributed by atoms with van der Waals surface area (Å²) in [7, 11) is 8.58. The Hall–Kier alpha value is -3.98. The van der Waals surface area contributed by atoms with E-state index < -0.39 is 48.5 Å². The van der Waals surface area contributed by atoms with E-state index in [2.05, 4.69) is 35.0 Å². The Balaban J connectivity index is 1.81. The van der Waals surface area contributed by atoms with Crippen LogP contribution in [0.25, 0.3) is 0 Å². The highest BCUT2D eigenvalue weighted by Crippen LogP contribution is 2.30. The Bertz CT molecular complexity index is 1620. The summed E-state index contributed by atoms with van der Waals surface area (Å²) in [5, 5.41) is 20.7. The Morgan fingerprint density at radius 1 is 0.951 bits per heavy atom. The van der Waals surface area contributed by atoms with Crippen molar-refractivity contribution < 1.29 is 33.8 Å². The average Bonchev–Trinajstić information content (AvgIpc) is 3.70. The number of methoxy groups -OCH3 is 2. The highest BCUT2D eigenvalue weighted by atomic mass is 16.5. The van der Waals surface area contributed by atoms with Crippen molar-refractivity contribution in [2.45, 2.75) is 143 Å². The molecule has 1 aromatic rings. The first-order valence-electron chi connectivity index (χ1n) is 22.3. The maximum atomic E-state index is 14.4. The minimum atomic E-state index is -1.12. The number of allylic oxidation sites excluding steroid dienone is 3. The fourth-order valence-electron chi connectivity index (χ4n) is 8.99. The number of rotatable bonds is 23. The highest BCUT2D eigenvalue weighted by molar-refractivity contribution is 5.90. The number of carbonyl (C=O) groups excluding carboxylic acids is 4. The van der Waals surface area contributed by atoms with Gasteiger partial charge < -0.3 is 46.1 Å². The van der Waals surface area contributed by atoms with Crippen LogP contribution in [0.1, 0.15) is 93.9 Å². The van der Waals surface area contributed by atoms with E-state index in [0.717, 1.165) is 24.8 Å². The van der Waals surface area contributed by atoms with E-state index in [-0.39, 0.29) is 53.8 Å². The summed E-state index contributed by atoms with van der Waals surface area (Å²) in [6, 6.07) is 4.34. The third kappa shape index (κ3) is 14.0. The number of nitrogens with one attached hydrogen (secondary N) is 3. The van der Waals surface area contributed by atoms with E-state index in [1.54, 1.807) is 62.3 Å². The van der Waals surface area contributed by atoms with Crippen molar-refractivity contribution in [1.82, 2.24) is 25.3 Å². The predicted octanol–water partition coefficient (Wildman–Crippen LogP) is 5.04. The number of nitrogens with zero attached hydrogens (tertiary/aromatic N) is 3. The largest absolute Gasteiger partial charge is 0.399 e. The molecule has 14 nitrogen and oxygen atoms in total. The zero-order valence-corrected chi connectivity index (χ0v) is 39.3. The first kappa shape index (κ1) is 51.4. The number of nitrogens with two attached hydrogens (primary N) is 1. The SMILES string of the molecule is CC[C@H](C)C([C@@H](CC(=O)N1CCC[C@H]1[C@H](OC)[C@@H](C)C(=O)N[C@@H](CC1=CCC(C)C=C1)C(O)Nc1ccc(N)cc1)OC)N(C)C(=O)[C@@H](NC(=O)[C@H](C(C)C)N(C)C)C(C)C. The summed E-state index contributed by atoms with van der Waals surface area (Å²) in [6.45, 7) is 16.3. The number of amides is 4. The maximum absolute atomic E-state index is 14.4. The Morgan fingerprint density at radius 3 is 2.13 bits per heavy atom. The first-order chi connectivity index (χ1) is 28.7. The summed E-state index contributed by atoms with van der Waals surface area (Å²) in [5.74, 6) is -1.33. The van der Waals surface area contributed by atoms with Gasteiger partial charge in [-0.3, -0.25) is 24.1 Å². The van der Waals surface area contributed by atoms with Gasteiger partial charge in [0.2, 0.25) is 23.6 Å². The molecule has 3 rings (SSSR count). The number of hydrogen-bond donors (Lipinski definition) is 5. The van der Waals surface area contributed by atoms with Crippen LogP contribution in [0.3, 0.4) is 0 Å². The number of carbonyl (C=O) groups is 4. The van der Waals surface area contributed by atoms with Crippen LogP contribution in [0, 0.1) is 29.6 Å². The molecule has 61 heavy (non-hydrogen) atoms. The molecule has 0 bridgehead atoms. The lowest BCUT2D eigenvalue weighted by atomic mass is 9.89. The van der Waals surface area contributed by atoms with Gasteiger partial charge in [-0.25, -0.2) is 0 Å². The van der Waals surface area contributed by atoms with Gasteiger partial charge in [0.05, 0.1) is 48.7 Å². The maximum Gasteiger partial charge on any atom is 0.245 e. The third-order valence-electron chi connectivity index (χ3n) is 12.7. The van der Waals surface area contributed by atoms with Crippen LogP contribution in [0.4, 0.5) is 11.4 Å². The molecule has 3 unspecified atom stereocenters. The fourth-order valence-corrected chi connectivity index (χ4v) is 8.99. The van der Waals surface area contributed by atoms with Crippen LogP contribution in [-0.4, -0.2) is 134 Å². The topological polar surface area (TPSA) is 179 Å². The zero-order valence-electron chi connectivity index (χ0n) is 39.3. The lowest BCUT2D eigenvalue weighted by Crippen LogP contribution is -2.59. The number of hydrogen-bond acceptors (Lipinski definition) is 10. The number of aliphatic hydroxyl groups excluding tert-OH is 1. The van der Waals surface area contributed by atoms with Crippen molar-refractivity contribution in [2.75, 3.05) is 53.0 Å². The quantitative estimate of drug-likeness (QED) is 0.0740. The van der Waals surface area contributed by atoms with Crippen LogP contribution < -0.4 is 21.7 Å². The van der Waals surface area contributed by atoms with Crippen LogP contribution >= 0.6 is 0 Å². The first-order valence-corrected chi connectivity index (χ1v) is 22.3. The number of nitrogen functional groups attached to an aromatic ring is 1.